The Labute approximate surface area is 173 Å². The summed E-state index contributed by atoms with van der Waals surface area (Å²) in [5.74, 6) is 0.673. The standard InChI is InChI=1S/C21H25BrN4O2/c1-5-6-20-24-19-8-7-17(22)12-18(19)21(27)26(20)23-13-16-11-14(2)25(15(16)3)9-10-28-4/h7-8,11-13H,5-6,9-10H2,1-4H3. The summed E-state index contributed by atoms with van der Waals surface area (Å²) in [6.45, 7) is 7.61. The van der Waals surface area contributed by atoms with Crippen LogP contribution in [0.25, 0.3) is 10.9 Å². The van der Waals surface area contributed by atoms with E-state index in [4.69, 9.17) is 4.74 Å². The largest absolute Gasteiger partial charge is 0.383 e. The molecule has 0 saturated carbocycles. The Balaban J connectivity index is 2.07. The number of rotatable bonds is 7. The molecule has 0 radical (unpaired) electrons. The van der Waals surface area contributed by atoms with Gasteiger partial charge in [-0.3, -0.25) is 4.79 Å². The first-order valence-electron chi connectivity index (χ1n) is 9.37. The van der Waals surface area contributed by atoms with Crippen LogP contribution in [0.3, 0.4) is 0 Å². The van der Waals surface area contributed by atoms with Gasteiger partial charge in [-0.1, -0.05) is 22.9 Å². The van der Waals surface area contributed by atoms with Gasteiger partial charge in [0.15, 0.2) is 0 Å². The van der Waals surface area contributed by atoms with Crippen LogP contribution < -0.4 is 5.56 Å². The maximum absolute atomic E-state index is 13.1. The molecule has 0 saturated heterocycles. The number of halogens is 1. The molecular formula is C21H25BrN4O2. The number of aromatic nitrogens is 3. The van der Waals surface area contributed by atoms with Crippen LogP contribution in [0.4, 0.5) is 0 Å². The Morgan fingerprint density at radius 2 is 2.07 bits per heavy atom. The van der Waals surface area contributed by atoms with Gasteiger partial charge in [0.25, 0.3) is 5.56 Å². The minimum atomic E-state index is -0.154. The molecule has 0 unspecified atom stereocenters. The molecule has 0 fully saturated rings. The summed E-state index contributed by atoms with van der Waals surface area (Å²) in [4.78, 5) is 17.7. The van der Waals surface area contributed by atoms with Crippen molar-refractivity contribution >= 4 is 33.0 Å². The molecule has 2 heterocycles. The average molecular weight is 445 g/mol. The normalized spacial score (nSPS) is 11.8. The molecule has 0 atom stereocenters. The molecule has 3 aromatic rings. The van der Waals surface area contributed by atoms with Gasteiger partial charge < -0.3 is 9.30 Å². The van der Waals surface area contributed by atoms with E-state index < -0.39 is 0 Å². The second-order valence-electron chi connectivity index (χ2n) is 6.77. The smallest absolute Gasteiger partial charge is 0.282 e. The molecule has 148 valence electrons. The summed E-state index contributed by atoms with van der Waals surface area (Å²) in [5, 5.41) is 5.08. The molecule has 0 bridgehead atoms. The Hall–Kier alpha value is -2.25. The van der Waals surface area contributed by atoms with Crippen molar-refractivity contribution in [2.75, 3.05) is 13.7 Å². The van der Waals surface area contributed by atoms with Crippen molar-refractivity contribution in [3.05, 3.63) is 61.9 Å². The summed E-state index contributed by atoms with van der Waals surface area (Å²) in [5.41, 5.74) is 3.76. The van der Waals surface area contributed by atoms with Gasteiger partial charge in [-0.25, -0.2) is 4.98 Å². The lowest BCUT2D eigenvalue weighted by atomic mass is 10.2. The number of benzene rings is 1. The van der Waals surface area contributed by atoms with Crippen LogP contribution in [-0.2, 0) is 17.7 Å². The van der Waals surface area contributed by atoms with E-state index in [1.165, 1.54) is 4.68 Å². The van der Waals surface area contributed by atoms with Crippen molar-refractivity contribution in [1.29, 1.82) is 0 Å². The average Bonchev–Trinajstić information content (AvgIpc) is 2.94. The number of methoxy groups -OCH3 is 1. The van der Waals surface area contributed by atoms with Gasteiger partial charge in [0.1, 0.15) is 5.82 Å². The molecule has 0 aliphatic carbocycles. The van der Waals surface area contributed by atoms with E-state index in [1.807, 2.05) is 12.1 Å². The summed E-state index contributed by atoms with van der Waals surface area (Å²) in [6.07, 6.45) is 3.32. The van der Waals surface area contributed by atoms with Crippen LogP contribution in [-0.4, -0.2) is 34.2 Å². The number of nitrogens with zero attached hydrogens (tertiary/aromatic N) is 4. The Kier molecular flexibility index (Phi) is 6.46. The second kappa shape index (κ2) is 8.84. The first-order chi connectivity index (χ1) is 13.5. The van der Waals surface area contributed by atoms with Crippen molar-refractivity contribution in [2.24, 2.45) is 5.10 Å². The van der Waals surface area contributed by atoms with Crippen LogP contribution >= 0.6 is 15.9 Å². The van der Waals surface area contributed by atoms with Crippen molar-refractivity contribution in [1.82, 2.24) is 14.2 Å². The fourth-order valence-electron chi connectivity index (χ4n) is 3.30. The molecule has 0 spiro atoms. The molecule has 1 aromatic carbocycles. The molecule has 2 aromatic heterocycles. The van der Waals surface area contributed by atoms with E-state index in [-0.39, 0.29) is 5.56 Å². The van der Waals surface area contributed by atoms with Crippen molar-refractivity contribution in [2.45, 2.75) is 40.2 Å². The predicted octanol–water partition coefficient (Wildman–Crippen LogP) is 4.06. The van der Waals surface area contributed by atoms with E-state index in [0.717, 1.165) is 34.4 Å². The van der Waals surface area contributed by atoms with Crippen molar-refractivity contribution in [3.8, 4) is 0 Å². The molecular weight excluding hydrogens is 420 g/mol. The lowest BCUT2D eigenvalue weighted by Gasteiger charge is -2.09. The fraction of sp³-hybridized carbons (Fsp3) is 0.381. The van der Waals surface area contributed by atoms with Gasteiger partial charge in [0, 0.05) is 41.5 Å². The maximum atomic E-state index is 13.1. The topological polar surface area (TPSA) is 61.4 Å². The molecule has 0 N–H and O–H groups in total. The minimum Gasteiger partial charge on any atom is -0.383 e. The monoisotopic (exact) mass is 444 g/mol. The lowest BCUT2D eigenvalue weighted by molar-refractivity contribution is 0.186. The van der Waals surface area contributed by atoms with Crippen LogP contribution in [0.2, 0.25) is 0 Å². The molecule has 0 aliphatic rings. The van der Waals surface area contributed by atoms with Gasteiger partial charge in [0.2, 0.25) is 0 Å². The highest BCUT2D eigenvalue weighted by molar-refractivity contribution is 9.10. The second-order valence-corrected chi connectivity index (χ2v) is 7.69. The van der Waals surface area contributed by atoms with Gasteiger partial charge in [-0.2, -0.15) is 9.78 Å². The third-order valence-electron chi connectivity index (χ3n) is 4.79. The Morgan fingerprint density at radius 3 is 2.79 bits per heavy atom. The number of hydrogen-bond acceptors (Lipinski definition) is 4. The zero-order valence-electron chi connectivity index (χ0n) is 16.7. The van der Waals surface area contributed by atoms with Crippen molar-refractivity contribution in [3.63, 3.8) is 0 Å². The zero-order chi connectivity index (χ0) is 20.3. The van der Waals surface area contributed by atoms with Gasteiger partial charge in [-0.05, 0) is 44.5 Å². The predicted molar refractivity (Wildman–Crippen MR) is 116 cm³/mol. The molecule has 6 nitrogen and oxygen atoms in total. The van der Waals surface area contributed by atoms with Crippen LogP contribution in [0.1, 0.15) is 36.1 Å². The Morgan fingerprint density at radius 1 is 1.29 bits per heavy atom. The zero-order valence-corrected chi connectivity index (χ0v) is 18.3. The molecule has 3 rings (SSSR count). The third-order valence-corrected chi connectivity index (χ3v) is 5.29. The van der Waals surface area contributed by atoms with Gasteiger partial charge in [-0.15, -0.1) is 0 Å². The van der Waals surface area contributed by atoms with E-state index in [0.29, 0.717) is 29.8 Å². The van der Waals surface area contributed by atoms with E-state index in [9.17, 15) is 4.79 Å². The minimum absolute atomic E-state index is 0.154. The molecule has 0 amide bonds. The fourth-order valence-corrected chi connectivity index (χ4v) is 3.67. The lowest BCUT2D eigenvalue weighted by Crippen LogP contribution is -2.22. The van der Waals surface area contributed by atoms with Crippen LogP contribution in [0.5, 0.6) is 0 Å². The molecule has 28 heavy (non-hydrogen) atoms. The highest BCUT2D eigenvalue weighted by Gasteiger charge is 2.12. The van der Waals surface area contributed by atoms with Crippen molar-refractivity contribution < 1.29 is 4.74 Å². The van der Waals surface area contributed by atoms with E-state index >= 15 is 0 Å². The number of fused-ring (bicyclic) bond motifs is 1. The summed E-state index contributed by atoms with van der Waals surface area (Å²) >= 11 is 3.43. The number of ether oxygens (including phenoxy) is 1. The first kappa shape index (κ1) is 20.5. The van der Waals surface area contributed by atoms with Gasteiger partial charge in [0.05, 0.1) is 23.7 Å². The quantitative estimate of drug-likeness (QED) is 0.516. The Bertz CT molecular complexity index is 1080. The third kappa shape index (κ3) is 4.10. The number of aryl methyl sites for hydroxylation is 2. The van der Waals surface area contributed by atoms with Crippen LogP contribution in [0.15, 0.2) is 38.6 Å². The first-order valence-corrected chi connectivity index (χ1v) is 10.2. The number of hydrogen-bond donors (Lipinski definition) is 0. The van der Waals surface area contributed by atoms with E-state index in [2.05, 4.69) is 57.4 Å². The van der Waals surface area contributed by atoms with E-state index in [1.54, 1.807) is 19.4 Å². The van der Waals surface area contributed by atoms with Gasteiger partial charge >= 0.3 is 0 Å². The molecule has 7 heteroatoms. The molecule has 0 aliphatic heterocycles. The van der Waals surface area contributed by atoms with Crippen LogP contribution in [0, 0.1) is 13.8 Å². The summed E-state index contributed by atoms with van der Waals surface area (Å²) in [6, 6.07) is 7.62. The summed E-state index contributed by atoms with van der Waals surface area (Å²) in [7, 11) is 1.70. The maximum Gasteiger partial charge on any atom is 0.282 e. The SMILES string of the molecule is CCCc1nc2ccc(Br)cc2c(=O)n1N=Cc1cc(C)n(CCOC)c1C. The highest BCUT2D eigenvalue weighted by Crippen LogP contribution is 2.17. The highest BCUT2D eigenvalue weighted by atomic mass is 79.9. The summed E-state index contributed by atoms with van der Waals surface area (Å²) < 4.78 is 9.66.